The average molecular weight is 285 g/mol. The van der Waals surface area contributed by atoms with Gasteiger partial charge in [-0.2, -0.15) is 0 Å². The van der Waals surface area contributed by atoms with Crippen LogP contribution in [0.5, 0.6) is 0 Å². The molecule has 0 aliphatic heterocycles. The lowest BCUT2D eigenvalue weighted by atomic mass is 9.81. The molecule has 3 atom stereocenters. The van der Waals surface area contributed by atoms with Crippen molar-refractivity contribution in [1.29, 1.82) is 0 Å². The van der Waals surface area contributed by atoms with Crippen molar-refractivity contribution in [1.82, 2.24) is 5.32 Å². The molecule has 0 radical (unpaired) electrons. The lowest BCUT2D eigenvalue weighted by Gasteiger charge is -2.29. The maximum absolute atomic E-state index is 12.3. The lowest BCUT2D eigenvalue weighted by Crippen LogP contribution is -2.45. The average Bonchev–Trinajstić information content (AvgIpc) is 2.42. The number of rotatable bonds is 7. The predicted octanol–water partition coefficient (Wildman–Crippen LogP) is 2.05. The number of ether oxygens (including phenoxy) is 1. The van der Waals surface area contributed by atoms with Gasteiger partial charge in [0.15, 0.2) is 0 Å². The highest BCUT2D eigenvalue weighted by atomic mass is 16.5. The largest absolute Gasteiger partial charge is 0.481 e. The highest BCUT2D eigenvalue weighted by Gasteiger charge is 2.32. The second kappa shape index (κ2) is 8.25. The molecule has 1 aliphatic carbocycles. The van der Waals surface area contributed by atoms with Gasteiger partial charge >= 0.3 is 5.97 Å². The van der Waals surface area contributed by atoms with E-state index in [4.69, 9.17) is 9.84 Å². The second-order valence-electron chi connectivity index (χ2n) is 5.92. The molecule has 2 N–H and O–H groups in total. The van der Waals surface area contributed by atoms with Crippen LogP contribution in [0.3, 0.4) is 0 Å². The zero-order chi connectivity index (χ0) is 15.1. The van der Waals surface area contributed by atoms with E-state index in [0.717, 1.165) is 12.8 Å². The van der Waals surface area contributed by atoms with Crippen LogP contribution in [0.25, 0.3) is 0 Å². The molecule has 20 heavy (non-hydrogen) atoms. The Morgan fingerprint density at radius 2 is 1.95 bits per heavy atom. The van der Waals surface area contributed by atoms with Gasteiger partial charge in [-0.25, -0.2) is 0 Å². The molecule has 0 saturated heterocycles. The van der Waals surface area contributed by atoms with Gasteiger partial charge in [-0.05, 0) is 32.1 Å². The number of hydrogen-bond acceptors (Lipinski definition) is 3. The smallest absolute Gasteiger partial charge is 0.306 e. The molecule has 0 aromatic rings. The molecule has 0 spiro atoms. The molecule has 3 unspecified atom stereocenters. The van der Waals surface area contributed by atoms with E-state index < -0.39 is 5.97 Å². The van der Waals surface area contributed by atoms with Crippen molar-refractivity contribution >= 4 is 11.9 Å². The zero-order valence-electron chi connectivity index (χ0n) is 12.7. The molecule has 5 nitrogen and oxygen atoms in total. The van der Waals surface area contributed by atoms with Crippen LogP contribution < -0.4 is 5.32 Å². The number of hydrogen-bond donors (Lipinski definition) is 2. The minimum atomic E-state index is -0.780. The van der Waals surface area contributed by atoms with Crippen molar-refractivity contribution in [2.24, 2.45) is 17.8 Å². The summed E-state index contributed by atoms with van der Waals surface area (Å²) >= 11 is 0. The summed E-state index contributed by atoms with van der Waals surface area (Å²) in [6.45, 7) is 7.16. The molecule has 1 fully saturated rings. The van der Waals surface area contributed by atoms with Crippen molar-refractivity contribution in [2.75, 3.05) is 13.2 Å². The summed E-state index contributed by atoms with van der Waals surface area (Å²) in [5.74, 6) is -1.05. The topological polar surface area (TPSA) is 75.6 Å². The molecule has 1 saturated carbocycles. The summed E-state index contributed by atoms with van der Waals surface area (Å²) in [7, 11) is 0. The van der Waals surface area contributed by atoms with E-state index in [9.17, 15) is 9.59 Å². The molecule has 1 rings (SSSR count). The SMILES string of the molecule is CCOCC(NC(=O)C1CCCC(C(=O)O)C1)C(C)C. The van der Waals surface area contributed by atoms with Gasteiger partial charge in [0.05, 0.1) is 18.6 Å². The highest BCUT2D eigenvalue weighted by molar-refractivity contribution is 5.80. The van der Waals surface area contributed by atoms with E-state index in [0.29, 0.717) is 32.0 Å². The first-order chi connectivity index (χ1) is 9.45. The van der Waals surface area contributed by atoms with Gasteiger partial charge < -0.3 is 15.2 Å². The third-order valence-electron chi connectivity index (χ3n) is 4.03. The molecule has 5 heteroatoms. The van der Waals surface area contributed by atoms with Gasteiger partial charge in [0, 0.05) is 12.5 Å². The highest BCUT2D eigenvalue weighted by Crippen LogP contribution is 2.29. The van der Waals surface area contributed by atoms with Gasteiger partial charge in [0.25, 0.3) is 0 Å². The summed E-state index contributed by atoms with van der Waals surface area (Å²) in [6, 6.07) is -0.00680. The number of carbonyl (C=O) groups is 2. The molecule has 116 valence electrons. The van der Waals surface area contributed by atoms with E-state index in [-0.39, 0.29) is 23.8 Å². The van der Waals surface area contributed by atoms with Crippen molar-refractivity contribution < 1.29 is 19.4 Å². The maximum atomic E-state index is 12.3. The first-order valence-corrected chi connectivity index (χ1v) is 7.56. The van der Waals surface area contributed by atoms with Gasteiger partial charge in [-0.3, -0.25) is 9.59 Å². The Kier molecular flexibility index (Phi) is 6.99. The monoisotopic (exact) mass is 285 g/mol. The fourth-order valence-electron chi connectivity index (χ4n) is 2.60. The van der Waals surface area contributed by atoms with Crippen molar-refractivity contribution in [3.8, 4) is 0 Å². The quantitative estimate of drug-likeness (QED) is 0.750. The second-order valence-corrected chi connectivity index (χ2v) is 5.92. The summed E-state index contributed by atoms with van der Waals surface area (Å²) in [4.78, 5) is 23.3. The molecular formula is C15H27NO4. The van der Waals surface area contributed by atoms with Crippen molar-refractivity contribution in [3.05, 3.63) is 0 Å². The van der Waals surface area contributed by atoms with E-state index in [1.54, 1.807) is 0 Å². The number of nitrogens with one attached hydrogen (secondary N) is 1. The first-order valence-electron chi connectivity index (χ1n) is 7.56. The molecular weight excluding hydrogens is 258 g/mol. The number of carboxylic acids is 1. The van der Waals surface area contributed by atoms with Crippen LogP contribution in [0.2, 0.25) is 0 Å². The van der Waals surface area contributed by atoms with Crippen LogP contribution in [0.4, 0.5) is 0 Å². The van der Waals surface area contributed by atoms with E-state index in [1.807, 2.05) is 20.8 Å². The Balaban J connectivity index is 2.52. The summed E-state index contributed by atoms with van der Waals surface area (Å²) in [6.07, 6.45) is 2.74. The molecule has 1 aliphatic rings. The Labute approximate surface area is 121 Å². The Bertz CT molecular complexity index is 330. The van der Waals surface area contributed by atoms with E-state index in [1.165, 1.54) is 0 Å². The maximum Gasteiger partial charge on any atom is 0.306 e. The zero-order valence-corrected chi connectivity index (χ0v) is 12.7. The third-order valence-corrected chi connectivity index (χ3v) is 4.03. The van der Waals surface area contributed by atoms with Crippen LogP contribution in [-0.2, 0) is 14.3 Å². The molecule has 0 bridgehead atoms. The number of aliphatic carboxylic acids is 1. The Hall–Kier alpha value is -1.10. The summed E-state index contributed by atoms with van der Waals surface area (Å²) in [5.41, 5.74) is 0. The molecule has 0 heterocycles. The van der Waals surface area contributed by atoms with Crippen LogP contribution in [-0.4, -0.2) is 36.2 Å². The first kappa shape index (κ1) is 17.0. The van der Waals surface area contributed by atoms with Crippen LogP contribution in [0.1, 0.15) is 46.5 Å². The lowest BCUT2D eigenvalue weighted by molar-refractivity contribution is -0.144. The van der Waals surface area contributed by atoms with Gasteiger partial charge in [0.1, 0.15) is 0 Å². The van der Waals surface area contributed by atoms with Gasteiger partial charge in [-0.1, -0.05) is 20.3 Å². The van der Waals surface area contributed by atoms with Crippen molar-refractivity contribution in [3.63, 3.8) is 0 Å². The minimum absolute atomic E-state index is 0.00680. The summed E-state index contributed by atoms with van der Waals surface area (Å²) < 4.78 is 5.40. The van der Waals surface area contributed by atoms with Crippen LogP contribution >= 0.6 is 0 Å². The van der Waals surface area contributed by atoms with Gasteiger partial charge in [0.2, 0.25) is 5.91 Å². The standard InChI is InChI=1S/C15H27NO4/c1-4-20-9-13(10(2)3)16-14(17)11-6-5-7-12(8-11)15(18)19/h10-13H,4-9H2,1-3H3,(H,16,17)(H,18,19). The molecule has 0 aromatic carbocycles. The fourth-order valence-corrected chi connectivity index (χ4v) is 2.60. The summed E-state index contributed by atoms with van der Waals surface area (Å²) in [5, 5.41) is 12.1. The molecule has 0 aromatic heterocycles. The fraction of sp³-hybridized carbons (Fsp3) is 0.867. The van der Waals surface area contributed by atoms with Gasteiger partial charge in [-0.15, -0.1) is 0 Å². The third kappa shape index (κ3) is 5.12. The number of amides is 1. The number of carbonyl (C=O) groups excluding carboxylic acids is 1. The van der Waals surface area contributed by atoms with E-state index >= 15 is 0 Å². The minimum Gasteiger partial charge on any atom is -0.481 e. The molecule has 1 amide bonds. The van der Waals surface area contributed by atoms with E-state index in [2.05, 4.69) is 5.32 Å². The Morgan fingerprint density at radius 1 is 1.30 bits per heavy atom. The van der Waals surface area contributed by atoms with Crippen LogP contribution in [0.15, 0.2) is 0 Å². The predicted molar refractivity (Wildman–Crippen MR) is 76.3 cm³/mol. The number of carboxylic acid groups (broad SMARTS) is 1. The normalized spacial score (nSPS) is 24.4. The van der Waals surface area contributed by atoms with Crippen molar-refractivity contribution in [2.45, 2.75) is 52.5 Å². The van der Waals surface area contributed by atoms with Crippen LogP contribution in [0, 0.1) is 17.8 Å². The Morgan fingerprint density at radius 3 is 2.50 bits per heavy atom.